The fraction of sp³-hybridized carbons (Fsp3) is 0.629. The summed E-state index contributed by atoms with van der Waals surface area (Å²) in [6.45, 7) is 36.7. The maximum absolute atomic E-state index is 12.5. The number of pyridine rings is 2. The van der Waals surface area contributed by atoms with E-state index in [4.69, 9.17) is 0 Å². The van der Waals surface area contributed by atoms with Gasteiger partial charge in [-0.25, -0.2) is 29.0 Å². The maximum Gasteiger partial charge on any atom is 0.317 e. The van der Waals surface area contributed by atoms with Crippen molar-refractivity contribution in [1.29, 1.82) is 0 Å². The summed E-state index contributed by atoms with van der Waals surface area (Å²) >= 11 is 0. The van der Waals surface area contributed by atoms with Crippen molar-refractivity contribution in [3.8, 4) is 5.75 Å². The van der Waals surface area contributed by atoms with Crippen molar-refractivity contribution in [2.45, 2.75) is 135 Å². The molecule has 642 valence electrons. The van der Waals surface area contributed by atoms with E-state index in [0.29, 0.717) is 55.1 Å². The van der Waals surface area contributed by atoms with Crippen LogP contribution in [0.15, 0.2) is 116 Å². The average Bonchev–Trinajstić information content (AvgIpc) is 0.844. The second kappa shape index (κ2) is 45.4. The van der Waals surface area contributed by atoms with E-state index in [0.717, 1.165) is 271 Å². The number of aryl methyl sites for hydroxylation is 3. The standard InChI is InChI=1S/2C19H30N4O.2C17H27N5O.C17H26N4O2/c1-15-4-5-18(14-16(15)2)22-10-12-23(13-11-22)19(24)20-17-6-8-21(3)9-7-17;1-16(17-6-4-3-5-7-17)22-12-14-23(15-13-22)19(24)20-18-8-10-21(2)11-9-18;1-20-8-4-16(5-9-20)19-17(23)22-12-10-21(11-13-22)14-15-2-6-18-7-3-15;1-14-4-3-5-16(18-14)21-10-12-22(13-11-21)17(23)19-15-6-8-20(2)9-7-15;1-19-8-6-14(7-9-19)18-17(23)21-12-10-20(11-13-21)15-4-2-3-5-16(15)22/h4-5,14,17H,6-13H2,1-3H3,(H,20,24);3-7,16,18H,8-15H2,1-2H3,(H,20,24);2-3,6-7,16H,4-5,8-14H2,1H3,(H,19,23);3-5,15H,6-13H2,1-2H3,(H,19,23);2-5,14,22H,6-13H2,1H3,(H,18,23). The Morgan fingerprint density at radius 2 is 0.735 bits per heavy atom. The van der Waals surface area contributed by atoms with Crippen molar-refractivity contribution < 1.29 is 29.1 Å². The molecule has 10 saturated heterocycles. The first kappa shape index (κ1) is 89.0. The number of piperazine rings is 5. The number of phenolic OH excluding ortho intramolecular Hbond substituents is 1. The zero-order chi connectivity index (χ0) is 82.6. The number of nitrogens with zero attached hydrogens (tertiary/aromatic N) is 17. The molecule has 0 saturated carbocycles. The van der Waals surface area contributed by atoms with E-state index in [1.165, 1.54) is 27.9 Å². The number of aromatic nitrogens is 2. The number of carbonyl (C=O) groups is 5. The molecule has 12 heterocycles. The number of anilines is 3. The quantitative estimate of drug-likeness (QED) is 0.0693. The zero-order valence-electron chi connectivity index (χ0n) is 72.0. The number of piperidine rings is 5. The van der Waals surface area contributed by atoms with Crippen LogP contribution in [0, 0.1) is 20.8 Å². The van der Waals surface area contributed by atoms with E-state index in [9.17, 15) is 29.1 Å². The molecule has 10 amide bonds. The number of amides is 10. The van der Waals surface area contributed by atoms with Gasteiger partial charge in [-0.3, -0.25) is 14.8 Å². The molecule has 117 heavy (non-hydrogen) atoms. The van der Waals surface area contributed by atoms with Gasteiger partial charge in [-0.15, -0.1) is 0 Å². The summed E-state index contributed by atoms with van der Waals surface area (Å²) in [5.41, 5.74) is 8.44. The van der Waals surface area contributed by atoms with Crippen LogP contribution in [-0.4, -0.2) is 366 Å². The zero-order valence-corrected chi connectivity index (χ0v) is 72.0. The van der Waals surface area contributed by atoms with Crippen molar-refractivity contribution in [2.24, 2.45) is 0 Å². The summed E-state index contributed by atoms with van der Waals surface area (Å²) in [6, 6.07) is 37.4. The number of benzene rings is 3. The van der Waals surface area contributed by atoms with Gasteiger partial charge in [-0.05, 0) is 263 Å². The van der Waals surface area contributed by atoms with Crippen LogP contribution >= 0.6 is 0 Å². The number of hydrogen-bond acceptors (Lipinski definition) is 18. The highest BCUT2D eigenvalue weighted by Gasteiger charge is 2.32. The van der Waals surface area contributed by atoms with E-state index < -0.39 is 0 Å². The first-order valence-electron chi connectivity index (χ1n) is 43.8. The minimum atomic E-state index is 0.0523. The lowest BCUT2D eigenvalue weighted by Gasteiger charge is -2.39. The molecule has 0 spiro atoms. The van der Waals surface area contributed by atoms with Crippen molar-refractivity contribution in [3.05, 3.63) is 143 Å². The van der Waals surface area contributed by atoms with E-state index >= 15 is 0 Å². The van der Waals surface area contributed by atoms with Gasteiger partial charge >= 0.3 is 30.2 Å². The number of aromatic hydroxyl groups is 1. The lowest BCUT2D eigenvalue weighted by Crippen LogP contribution is -2.54. The Bertz CT molecular complexity index is 3790. The first-order valence-corrected chi connectivity index (χ1v) is 43.8. The molecule has 28 heteroatoms. The number of hydrogen-bond donors (Lipinski definition) is 6. The molecule has 10 aliphatic rings. The van der Waals surface area contributed by atoms with Crippen LogP contribution in [0.25, 0.3) is 0 Å². The van der Waals surface area contributed by atoms with Crippen LogP contribution in [0.5, 0.6) is 5.75 Å². The van der Waals surface area contributed by atoms with Crippen LogP contribution in [-0.2, 0) is 6.54 Å². The summed E-state index contributed by atoms with van der Waals surface area (Å²) in [6.07, 6.45) is 14.2. The molecule has 10 aliphatic heterocycles. The summed E-state index contributed by atoms with van der Waals surface area (Å²) in [5.74, 6) is 1.32. The summed E-state index contributed by atoms with van der Waals surface area (Å²) in [7, 11) is 10.7. The van der Waals surface area contributed by atoms with Gasteiger partial charge in [0.2, 0.25) is 0 Å². The van der Waals surface area contributed by atoms with Gasteiger partial charge in [0.25, 0.3) is 0 Å². The van der Waals surface area contributed by atoms with Gasteiger partial charge < -0.3 is 95.4 Å². The normalized spacial score (nSPS) is 21.0. The van der Waals surface area contributed by atoms with Crippen molar-refractivity contribution in [3.63, 3.8) is 0 Å². The van der Waals surface area contributed by atoms with Crippen LogP contribution in [0.4, 0.5) is 41.2 Å². The topological polar surface area (TPSA) is 240 Å². The number of urea groups is 5. The molecular formula is C89H140N22O6. The van der Waals surface area contributed by atoms with Crippen LogP contribution in [0.3, 0.4) is 0 Å². The van der Waals surface area contributed by atoms with Gasteiger partial charge in [0, 0.05) is 197 Å². The number of phenols is 1. The number of nitrogens with one attached hydrogen (secondary N) is 5. The summed E-state index contributed by atoms with van der Waals surface area (Å²) < 4.78 is 0. The molecule has 15 rings (SSSR count). The van der Waals surface area contributed by atoms with Crippen LogP contribution in [0.1, 0.15) is 105 Å². The smallest absolute Gasteiger partial charge is 0.317 e. The Kier molecular flexibility index (Phi) is 34.6. The summed E-state index contributed by atoms with van der Waals surface area (Å²) in [5, 5.41) is 26.0. The summed E-state index contributed by atoms with van der Waals surface area (Å²) in [4.78, 5) is 104. The van der Waals surface area contributed by atoms with Crippen molar-refractivity contribution >= 4 is 47.3 Å². The predicted octanol–water partition coefficient (Wildman–Crippen LogP) is 8.04. The Balaban J connectivity index is 0.000000144. The third-order valence-electron chi connectivity index (χ3n) is 25.5. The second-order valence-corrected chi connectivity index (χ2v) is 34.2. The number of para-hydroxylation sites is 2. The van der Waals surface area contributed by atoms with E-state index in [2.05, 4.69) is 202 Å². The van der Waals surface area contributed by atoms with E-state index in [1.807, 2.05) is 80.2 Å². The molecule has 3 aromatic carbocycles. The molecule has 6 N–H and O–H groups in total. The van der Waals surface area contributed by atoms with E-state index in [-0.39, 0.29) is 30.2 Å². The minimum Gasteiger partial charge on any atom is -0.506 e. The monoisotopic (exact) mass is 1610 g/mol. The van der Waals surface area contributed by atoms with Gasteiger partial charge in [-0.1, -0.05) is 54.6 Å². The van der Waals surface area contributed by atoms with Gasteiger partial charge in [0.1, 0.15) is 11.6 Å². The number of likely N-dealkylation sites (tertiary alicyclic amines) is 5. The molecule has 5 aromatic rings. The first-order chi connectivity index (χ1) is 56.6. The van der Waals surface area contributed by atoms with Gasteiger partial charge in [0.15, 0.2) is 0 Å². The minimum absolute atomic E-state index is 0.0523. The third-order valence-corrected chi connectivity index (χ3v) is 25.5. The van der Waals surface area contributed by atoms with Gasteiger partial charge in [-0.2, -0.15) is 0 Å². The Labute approximate surface area is 698 Å². The molecule has 0 bridgehead atoms. The lowest BCUT2D eigenvalue weighted by molar-refractivity contribution is 0.110. The highest BCUT2D eigenvalue weighted by Crippen LogP contribution is 2.29. The highest BCUT2D eigenvalue weighted by molar-refractivity contribution is 5.77. The van der Waals surface area contributed by atoms with Crippen LogP contribution < -0.4 is 41.3 Å². The fourth-order valence-electron chi connectivity index (χ4n) is 17.0. The SMILES string of the molecule is CC(c1ccccc1)N1CCN(C(=O)NC2CCN(C)CC2)CC1.CN1CCC(NC(=O)N2CCN(Cc3ccncc3)CC2)CC1.CN1CCC(NC(=O)N2CCN(c3ccccc3O)CC2)CC1.Cc1ccc(N2CCN(C(=O)NC3CCN(C)CC3)CC2)cc1C.Cc1cccc(N2CCN(C(=O)NC3CCN(C)CC3)CC2)n1. The fourth-order valence-corrected chi connectivity index (χ4v) is 17.0. The highest BCUT2D eigenvalue weighted by atomic mass is 16.3. The largest absolute Gasteiger partial charge is 0.506 e. The molecule has 1 atom stereocenters. The maximum atomic E-state index is 12.5. The van der Waals surface area contributed by atoms with Crippen molar-refractivity contribution in [2.75, 3.05) is 246 Å². The van der Waals surface area contributed by atoms with E-state index in [1.54, 1.807) is 6.07 Å². The number of carbonyl (C=O) groups excluding carboxylic acids is 5. The molecule has 2 aromatic heterocycles. The molecule has 0 aliphatic carbocycles. The lowest BCUT2D eigenvalue weighted by atomic mass is 10.1. The van der Waals surface area contributed by atoms with Gasteiger partial charge in [0.05, 0.1) is 5.69 Å². The molecular weight excluding hydrogens is 1470 g/mol. The average molecular weight is 1610 g/mol. The molecule has 28 nitrogen and oxygen atoms in total. The van der Waals surface area contributed by atoms with Crippen molar-refractivity contribution in [1.82, 2.24) is 95.4 Å². The van der Waals surface area contributed by atoms with Crippen LogP contribution in [0.2, 0.25) is 0 Å². The molecule has 0 radical (unpaired) electrons. The molecule has 1 unspecified atom stereocenters. The Morgan fingerprint density at radius 1 is 0.376 bits per heavy atom. The second-order valence-electron chi connectivity index (χ2n) is 34.2. The Hall–Kier alpha value is -8.77. The number of rotatable bonds is 12. The third kappa shape index (κ3) is 28.2. The molecule has 10 fully saturated rings. The predicted molar refractivity (Wildman–Crippen MR) is 469 cm³/mol. The Morgan fingerprint density at radius 3 is 1.12 bits per heavy atom.